The Morgan fingerprint density at radius 2 is 0.672 bits per heavy atom. The molecule has 8 bridgehead atoms. The van der Waals surface area contributed by atoms with Gasteiger partial charge in [-0.1, -0.05) is 111 Å². The Labute approximate surface area is 395 Å². The molecule has 0 aromatic carbocycles. The van der Waals surface area contributed by atoms with Crippen LogP contribution in [0.2, 0.25) is 0 Å². The molecule has 0 aliphatic heterocycles. The van der Waals surface area contributed by atoms with Crippen LogP contribution in [-0.4, -0.2) is 5.78 Å². The van der Waals surface area contributed by atoms with Gasteiger partial charge in [0.2, 0.25) is 0 Å². The van der Waals surface area contributed by atoms with Crippen LogP contribution in [0.4, 0.5) is 0 Å². The maximum atomic E-state index is 17.0. The van der Waals surface area contributed by atoms with Crippen molar-refractivity contribution in [2.75, 3.05) is 0 Å². The van der Waals surface area contributed by atoms with Crippen molar-refractivity contribution in [3.63, 3.8) is 0 Å². The summed E-state index contributed by atoms with van der Waals surface area (Å²) in [5.41, 5.74) is 3.46. The van der Waals surface area contributed by atoms with E-state index in [4.69, 9.17) is 0 Å². The fourth-order valence-electron chi connectivity index (χ4n) is 28.6. The second-order valence-corrected chi connectivity index (χ2v) is 32.4. The highest BCUT2D eigenvalue weighted by molar-refractivity contribution is 5.80. The highest BCUT2D eigenvalue weighted by Crippen LogP contribution is 2.87. The van der Waals surface area contributed by atoms with Crippen LogP contribution in [0, 0.1) is 161 Å². The molecule has 12 saturated carbocycles. The zero-order chi connectivity index (χ0) is 45.7. The average molecular weight is 876 g/mol. The zero-order valence-electron chi connectivity index (χ0n) is 45.0. The molecule has 12 fully saturated rings. The number of hydrogen-bond acceptors (Lipinski definition) is 1. The molecule has 24 atom stereocenters. The van der Waals surface area contributed by atoms with Crippen molar-refractivity contribution < 1.29 is 4.79 Å². The largest absolute Gasteiger partial charge is 0.300 e. The van der Waals surface area contributed by atoms with Crippen LogP contribution in [0.15, 0.2) is 0 Å². The maximum absolute atomic E-state index is 17.0. The molecule has 12 rings (SSSR count). The van der Waals surface area contributed by atoms with Crippen LogP contribution in [0.5, 0.6) is 0 Å². The Kier molecular flexibility index (Phi) is 9.21. The van der Waals surface area contributed by atoms with E-state index in [1.807, 2.05) is 0 Å². The molecular weight excluding hydrogens is 773 g/mol. The van der Waals surface area contributed by atoms with Crippen LogP contribution in [0.3, 0.4) is 0 Å². The Balaban J connectivity index is 1.02. The van der Waals surface area contributed by atoms with E-state index in [0.29, 0.717) is 67.0 Å². The van der Waals surface area contributed by atoms with Crippen LogP contribution >= 0.6 is 0 Å². The van der Waals surface area contributed by atoms with E-state index in [9.17, 15) is 0 Å². The lowest BCUT2D eigenvalue weighted by Crippen LogP contribution is -2.51. The van der Waals surface area contributed by atoms with Crippen molar-refractivity contribution in [1.29, 1.82) is 0 Å². The molecule has 0 aromatic heterocycles. The van der Waals surface area contributed by atoms with Gasteiger partial charge in [-0.2, -0.15) is 0 Å². The third-order valence-corrected chi connectivity index (χ3v) is 29.7. The van der Waals surface area contributed by atoms with Gasteiger partial charge >= 0.3 is 0 Å². The summed E-state index contributed by atoms with van der Waals surface area (Å²) >= 11 is 0. The van der Waals surface area contributed by atoms with Crippen molar-refractivity contribution in [3.05, 3.63) is 0 Å². The normalized spacial score (nSPS) is 61.8. The van der Waals surface area contributed by atoms with Crippen molar-refractivity contribution in [3.8, 4) is 0 Å². The predicted octanol–water partition coefficient (Wildman–Crippen LogP) is 17.0. The van der Waals surface area contributed by atoms with Gasteiger partial charge < -0.3 is 0 Å². The molecule has 12 aliphatic rings. The predicted molar refractivity (Wildman–Crippen MR) is 266 cm³/mol. The lowest BCUT2D eigenvalue weighted by Gasteiger charge is -2.55. The van der Waals surface area contributed by atoms with Gasteiger partial charge in [0.05, 0.1) is 0 Å². The van der Waals surface area contributed by atoms with Gasteiger partial charge in [0, 0.05) is 12.8 Å². The smallest absolute Gasteiger partial charge is 0.134 e. The summed E-state index contributed by atoms with van der Waals surface area (Å²) in [5, 5.41) is 0. The minimum absolute atomic E-state index is 0.140. The molecule has 1 heteroatoms. The number of fused-ring (bicyclic) bond motifs is 4. The van der Waals surface area contributed by atoms with Gasteiger partial charge in [0.1, 0.15) is 5.78 Å². The lowest BCUT2D eigenvalue weighted by atomic mass is 9.49. The minimum atomic E-state index is 0.140. The average Bonchev–Trinajstić information content (AvgIpc) is 3.99. The molecule has 4 spiro atoms. The van der Waals surface area contributed by atoms with Crippen molar-refractivity contribution in [1.82, 2.24) is 0 Å². The first-order valence-corrected chi connectivity index (χ1v) is 29.3. The second-order valence-electron chi connectivity index (χ2n) is 32.4. The summed E-state index contributed by atoms with van der Waals surface area (Å²) in [6.45, 7) is 43.9. The molecule has 64 heavy (non-hydrogen) atoms. The Hall–Kier alpha value is -0.330. The third-order valence-electron chi connectivity index (χ3n) is 29.7. The van der Waals surface area contributed by atoms with Crippen LogP contribution in [0.1, 0.15) is 226 Å². The van der Waals surface area contributed by atoms with Gasteiger partial charge in [-0.05, 0) is 263 Å². The minimum Gasteiger partial charge on any atom is -0.300 e. The van der Waals surface area contributed by atoms with Crippen molar-refractivity contribution >= 4 is 5.78 Å². The van der Waals surface area contributed by atoms with Crippen LogP contribution in [0.25, 0.3) is 0 Å². The van der Waals surface area contributed by atoms with Crippen LogP contribution < -0.4 is 0 Å². The lowest BCUT2D eigenvalue weighted by molar-refractivity contribution is -0.136. The SMILES string of the molecule is C[C@@H]1CC[C@@]23C[C@@H]1C(C)(C)[C@@H]2C(C1(CC(=O)CC2(C4C[C@@H](C)[C@]56CC[C@@H](C)[C@H](C5)C(C)(C)[C@H]46)C[C@@H](C)[C@]45CC[C@@H](C)[C@H](C4)C(C)(C)[C@H]25)C[C@@H](C)[C@]24CC[C@@H](C)[C@H](C2)C(C)(C)[C@H]14)C[C@H]3C. The third kappa shape index (κ3) is 4.88. The van der Waals surface area contributed by atoms with E-state index in [2.05, 4.69) is 111 Å². The Morgan fingerprint density at radius 3 is 1.02 bits per heavy atom. The molecule has 360 valence electrons. The molecule has 1 nitrogen and oxygen atoms in total. The summed E-state index contributed by atoms with van der Waals surface area (Å²) in [5.74, 6) is 14.9. The number of ketones is 1. The number of carbonyl (C=O) groups is 1. The van der Waals surface area contributed by atoms with E-state index >= 15 is 4.79 Å². The molecule has 12 aliphatic carbocycles. The Bertz CT molecular complexity index is 1810. The van der Waals surface area contributed by atoms with Gasteiger partial charge in [0.15, 0.2) is 0 Å². The molecule has 0 N–H and O–H groups in total. The highest BCUT2D eigenvalue weighted by Gasteiger charge is 2.81. The number of rotatable bonds is 6. The van der Waals surface area contributed by atoms with Crippen molar-refractivity contribution in [2.45, 2.75) is 226 Å². The molecule has 0 amide bonds. The molecule has 0 radical (unpaired) electrons. The molecule has 0 aromatic rings. The first-order valence-electron chi connectivity index (χ1n) is 29.3. The van der Waals surface area contributed by atoms with Gasteiger partial charge in [-0.15, -0.1) is 0 Å². The number of carbonyl (C=O) groups excluding carboxylic acids is 1. The summed E-state index contributed by atoms with van der Waals surface area (Å²) in [6.07, 6.45) is 24.9. The van der Waals surface area contributed by atoms with E-state index < -0.39 is 0 Å². The van der Waals surface area contributed by atoms with Gasteiger partial charge in [0.25, 0.3) is 0 Å². The fourth-order valence-corrected chi connectivity index (χ4v) is 28.6. The van der Waals surface area contributed by atoms with Gasteiger partial charge in [-0.3, -0.25) is 4.79 Å². The Morgan fingerprint density at radius 1 is 0.375 bits per heavy atom. The maximum Gasteiger partial charge on any atom is 0.134 e. The number of Topliss-reactive ketones (excluding diaryl/α,β-unsaturated/α-hetero) is 1. The topological polar surface area (TPSA) is 17.1 Å². The van der Waals surface area contributed by atoms with E-state index in [-0.39, 0.29) is 10.8 Å². The first-order chi connectivity index (χ1) is 29.7. The summed E-state index contributed by atoms with van der Waals surface area (Å²) in [7, 11) is 0. The zero-order valence-corrected chi connectivity index (χ0v) is 45.0. The van der Waals surface area contributed by atoms with Gasteiger partial charge in [-0.25, -0.2) is 0 Å². The summed E-state index contributed by atoms with van der Waals surface area (Å²) in [6, 6.07) is 0. The van der Waals surface area contributed by atoms with Crippen LogP contribution in [-0.2, 0) is 4.79 Å². The molecular formula is C63H102O. The first kappa shape index (κ1) is 44.8. The quantitative estimate of drug-likeness (QED) is 0.260. The molecule has 4 unspecified atom stereocenters. The van der Waals surface area contributed by atoms with E-state index in [1.54, 1.807) is 0 Å². The van der Waals surface area contributed by atoms with E-state index in [0.717, 1.165) is 101 Å². The fraction of sp³-hybridized carbons (Fsp3) is 0.984. The van der Waals surface area contributed by atoms with E-state index in [1.165, 1.54) is 103 Å². The second kappa shape index (κ2) is 13.1. The standard InChI is InChI=1S/C63H102O/c1-35-17-21-58-31-46(35)54(9,10)50(58)44(25-39(58)5)62(27-41(7)60-23-19-37(3)48(33-60)56(13,14)52(60)62)29-43(64)30-63(28-42(8)61-24-20-38(4)49(34-61)57(15,16)53(61)63)45-26-40(6)59-22-18-36(2)47(32-59)55(11,12)51(45)59/h35-42,44-53H,17-34H2,1-16H3/t35-,36-,37-,38-,39-,40-,41-,42-,44?,45?,46+,47+,48+,49+,50+,51+,52+,53+,58+,59+,60+,61+,62?,63?/m1/s1. The monoisotopic (exact) mass is 875 g/mol. The molecule has 0 heterocycles. The number of hydrogen-bond donors (Lipinski definition) is 0. The summed E-state index contributed by atoms with van der Waals surface area (Å²) < 4.78 is 0. The van der Waals surface area contributed by atoms with Crippen molar-refractivity contribution in [2.24, 2.45) is 161 Å². The summed E-state index contributed by atoms with van der Waals surface area (Å²) in [4.78, 5) is 17.0. The highest BCUT2D eigenvalue weighted by atomic mass is 16.1. The molecule has 0 saturated heterocycles.